The number of hydrogen-bond acceptors (Lipinski definition) is 5. The van der Waals surface area contributed by atoms with Crippen molar-refractivity contribution in [2.75, 3.05) is 51.4 Å². The number of benzene rings is 1. The molecule has 3 rings (SSSR count). The van der Waals surface area contributed by atoms with Crippen LogP contribution in [0.15, 0.2) is 24.3 Å². The van der Waals surface area contributed by atoms with Crippen molar-refractivity contribution in [3.05, 3.63) is 24.3 Å². The second-order valence-corrected chi connectivity index (χ2v) is 7.41. The van der Waals surface area contributed by atoms with E-state index in [4.69, 9.17) is 9.47 Å². The highest BCUT2D eigenvalue weighted by molar-refractivity contribution is 6.00. The topological polar surface area (TPSA) is 88.2 Å². The summed E-state index contributed by atoms with van der Waals surface area (Å²) < 4.78 is 10.5. The summed E-state index contributed by atoms with van der Waals surface area (Å²) in [7, 11) is 1.62. The molecule has 2 aliphatic rings. The first-order chi connectivity index (χ1) is 14.1. The van der Waals surface area contributed by atoms with Crippen molar-refractivity contribution in [3.63, 3.8) is 0 Å². The smallest absolute Gasteiger partial charge is 0.260 e. The largest absolute Gasteiger partial charge is 0.484 e. The average molecular weight is 403 g/mol. The van der Waals surface area contributed by atoms with Crippen LogP contribution in [0, 0.1) is 5.92 Å². The first-order valence-corrected chi connectivity index (χ1v) is 10.2. The van der Waals surface area contributed by atoms with Gasteiger partial charge >= 0.3 is 0 Å². The molecule has 29 heavy (non-hydrogen) atoms. The van der Waals surface area contributed by atoms with Gasteiger partial charge in [0.15, 0.2) is 6.61 Å². The zero-order chi connectivity index (χ0) is 20.6. The summed E-state index contributed by atoms with van der Waals surface area (Å²) in [5.74, 6) is 0.0670. The van der Waals surface area contributed by atoms with Crippen molar-refractivity contribution in [1.82, 2.24) is 10.2 Å². The minimum absolute atomic E-state index is 0.000602. The average Bonchev–Trinajstić information content (AvgIpc) is 3.40. The SMILES string of the molecule is COCCCNC(=O)[C@H]1CC(=O)N(c2ccc(OCC(=O)N3CCCC3)cc2)C1. The Balaban J connectivity index is 1.48. The highest BCUT2D eigenvalue weighted by atomic mass is 16.5. The molecule has 8 heteroatoms. The van der Waals surface area contributed by atoms with Crippen LogP contribution < -0.4 is 15.0 Å². The molecule has 1 aromatic rings. The standard InChI is InChI=1S/C21H29N3O5/c1-28-12-4-9-22-21(27)16-13-19(25)24(14-16)17-5-7-18(8-6-17)29-15-20(26)23-10-2-3-11-23/h5-8,16H,2-4,9-15H2,1H3,(H,22,27)/t16-/m0/s1. The first-order valence-electron chi connectivity index (χ1n) is 10.2. The lowest BCUT2D eigenvalue weighted by Crippen LogP contribution is -2.33. The number of carbonyl (C=O) groups is 3. The normalized spacial score (nSPS) is 18.9. The van der Waals surface area contributed by atoms with Gasteiger partial charge in [0.1, 0.15) is 5.75 Å². The number of ether oxygens (including phenoxy) is 2. The number of amides is 3. The Labute approximate surface area is 171 Å². The number of nitrogens with zero attached hydrogens (tertiary/aromatic N) is 2. The zero-order valence-corrected chi connectivity index (χ0v) is 16.9. The molecule has 0 spiro atoms. The van der Waals surface area contributed by atoms with E-state index < -0.39 is 0 Å². The van der Waals surface area contributed by atoms with Crippen molar-refractivity contribution in [2.45, 2.75) is 25.7 Å². The summed E-state index contributed by atoms with van der Waals surface area (Å²) in [6.07, 6.45) is 3.06. The number of anilines is 1. The molecular weight excluding hydrogens is 374 g/mol. The molecule has 158 valence electrons. The summed E-state index contributed by atoms with van der Waals surface area (Å²) in [4.78, 5) is 40.1. The molecule has 0 aromatic heterocycles. The van der Waals surface area contributed by atoms with Crippen LogP contribution in [-0.2, 0) is 19.1 Å². The van der Waals surface area contributed by atoms with E-state index in [2.05, 4.69) is 5.32 Å². The monoisotopic (exact) mass is 403 g/mol. The van der Waals surface area contributed by atoms with E-state index in [9.17, 15) is 14.4 Å². The summed E-state index contributed by atoms with van der Waals surface area (Å²) >= 11 is 0. The lowest BCUT2D eigenvalue weighted by Gasteiger charge is -2.18. The lowest BCUT2D eigenvalue weighted by atomic mass is 10.1. The lowest BCUT2D eigenvalue weighted by molar-refractivity contribution is -0.132. The quantitative estimate of drug-likeness (QED) is 0.626. The van der Waals surface area contributed by atoms with Gasteiger partial charge in [0, 0.05) is 52.0 Å². The molecule has 2 fully saturated rings. The predicted octanol–water partition coefficient (Wildman–Crippen LogP) is 1.19. The molecule has 1 atom stereocenters. The molecule has 2 aliphatic heterocycles. The number of hydrogen-bond donors (Lipinski definition) is 1. The van der Waals surface area contributed by atoms with Crippen LogP contribution in [0.4, 0.5) is 5.69 Å². The molecular formula is C21H29N3O5. The fourth-order valence-electron chi connectivity index (χ4n) is 3.63. The van der Waals surface area contributed by atoms with Gasteiger partial charge in [0.05, 0.1) is 5.92 Å². The van der Waals surface area contributed by atoms with Gasteiger partial charge in [0.25, 0.3) is 5.91 Å². The third-order valence-corrected chi connectivity index (χ3v) is 5.29. The van der Waals surface area contributed by atoms with Crippen molar-refractivity contribution < 1.29 is 23.9 Å². The number of carbonyl (C=O) groups excluding carboxylic acids is 3. The second-order valence-electron chi connectivity index (χ2n) is 7.41. The fraction of sp³-hybridized carbons (Fsp3) is 0.571. The van der Waals surface area contributed by atoms with Gasteiger partial charge in [-0.2, -0.15) is 0 Å². The van der Waals surface area contributed by atoms with Crippen LogP contribution in [0.3, 0.4) is 0 Å². The van der Waals surface area contributed by atoms with E-state index in [1.807, 2.05) is 4.90 Å². The van der Waals surface area contributed by atoms with Gasteiger partial charge in [-0.25, -0.2) is 0 Å². The number of rotatable bonds is 9. The molecule has 8 nitrogen and oxygen atoms in total. The highest BCUT2D eigenvalue weighted by Crippen LogP contribution is 2.27. The van der Waals surface area contributed by atoms with Crippen LogP contribution in [0.1, 0.15) is 25.7 Å². The van der Waals surface area contributed by atoms with Crippen molar-refractivity contribution in [1.29, 1.82) is 0 Å². The molecule has 0 bridgehead atoms. The first kappa shape index (κ1) is 21.1. The van der Waals surface area contributed by atoms with E-state index in [0.29, 0.717) is 25.4 Å². The van der Waals surface area contributed by atoms with E-state index in [1.165, 1.54) is 0 Å². The molecule has 0 unspecified atom stereocenters. The second kappa shape index (κ2) is 10.2. The molecule has 0 aliphatic carbocycles. The van der Waals surface area contributed by atoms with Gasteiger partial charge < -0.3 is 24.6 Å². The van der Waals surface area contributed by atoms with E-state index in [0.717, 1.165) is 38.0 Å². The highest BCUT2D eigenvalue weighted by Gasteiger charge is 2.34. The Morgan fingerprint density at radius 1 is 1.17 bits per heavy atom. The maximum Gasteiger partial charge on any atom is 0.260 e. The Bertz CT molecular complexity index is 716. The Kier molecular flexibility index (Phi) is 7.46. The van der Waals surface area contributed by atoms with E-state index in [1.54, 1.807) is 36.3 Å². The van der Waals surface area contributed by atoms with Crippen LogP contribution in [0.2, 0.25) is 0 Å². The maximum absolute atomic E-state index is 12.4. The molecule has 1 N–H and O–H groups in total. The molecule has 0 saturated carbocycles. The number of likely N-dealkylation sites (tertiary alicyclic amines) is 1. The summed E-state index contributed by atoms with van der Waals surface area (Å²) in [5, 5.41) is 2.86. The minimum Gasteiger partial charge on any atom is -0.484 e. The molecule has 0 radical (unpaired) electrons. The third-order valence-electron chi connectivity index (χ3n) is 5.29. The van der Waals surface area contributed by atoms with E-state index in [-0.39, 0.29) is 36.7 Å². The van der Waals surface area contributed by atoms with Crippen LogP contribution in [-0.4, -0.2) is 69.1 Å². The van der Waals surface area contributed by atoms with E-state index >= 15 is 0 Å². The third kappa shape index (κ3) is 5.69. The Morgan fingerprint density at radius 2 is 1.90 bits per heavy atom. The van der Waals surface area contributed by atoms with Gasteiger partial charge in [-0.3, -0.25) is 14.4 Å². The molecule has 1 aromatic carbocycles. The summed E-state index contributed by atoms with van der Waals surface area (Å²) in [6.45, 7) is 3.13. The summed E-state index contributed by atoms with van der Waals surface area (Å²) in [5.41, 5.74) is 0.725. The van der Waals surface area contributed by atoms with Gasteiger partial charge in [-0.15, -0.1) is 0 Å². The molecule has 3 amide bonds. The Hall–Kier alpha value is -2.61. The zero-order valence-electron chi connectivity index (χ0n) is 16.9. The maximum atomic E-state index is 12.4. The van der Waals surface area contributed by atoms with Crippen molar-refractivity contribution >= 4 is 23.4 Å². The Morgan fingerprint density at radius 3 is 2.59 bits per heavy atom. The predicted molar refractivity (Wildman–Crippen MR) is 108 cm³/mol. The minimum atomic E-state index is -0.348. The van der Waals surface area contributed by atoms with Gasteiger partial charge in [-0.1, -0.05) is 0 Å². The molecule has 2 heterocycles. The van der Waals surface area contributed by atoms with Crippen LogP contribution >= 0.6 is 0 Å². The molecule has 2 saturated heterocycles. The number of nitrogens with one attached hydrogen (secondary N) is 1. The van der Waals surface area contributed by atoms with Gasteiger partial charge in [-0.05, 0) is 43.5 Å². The number of methoxy groups -OCH3 is 1. The van der Waals surface area contributed by atoms with Crippen molar-refractivity contribution in [2.24, 2.45) is 5.92 Å². The van der Waals surface area contributed by atoms with Gasteiger partial charge in [0.2, 0.25) is 11.8 Å². The van der Waals surface area contributed by atoms with Crippen LogP contribution in [0.25, 0.3) is 0 Å². The van der Waals surface area contributed by atoms with Crippen molar-refractivity contribution in [3.8, 4) is 5.75 Å². The fourth-order valence-corrected chi connectivity index (χ4v) is 3.63. The van der Waals surface area contributed by atoms with Crippen LogP contribution in [0.5, 0.6) is 5.75 Å². The summed E-state index contributed by atoms with van der Waals surface area (Å²) in [6, 6.07) is 7.06.